The Bertz CT molecular complexity index is 873. The topological polar surface area (TPSA) is 101 Å². The molecular weight excluding hydrogens is 366 g/mol. The predicted molar refractivity (Wildman–Crippen MR) is 102 cm³/mol. The van der Waals surface area contributed by atoms with Gasteiger partial charge in [-0.05, 0) is 72.6 Å². The molecule has 0 unspecified atom stereocenters. The van der Waals surface area contributed by atoms with Crippen molar-refractivity contribution in [3.05, 3.63) is 29.3 Å². The zero-order chi connectivity index (χ0) is 19.4. The summed E-state index contributed by atoms with van der Waals surface area (Å²) in [4.78, 5) is 2.25. The maximum absolute atomic E-state index is 11.7. The number of hydrogen-bond donors (Lipinski definition) is 1. The molecule has 1 aliphatic rings. The fourth-order valence-electron chi connectivity index (χ4n) is 3.71. The number of piperidine rings is 1. The number of nitrogens with zero attached hydrogens (tertiary/aromatic N) is 5. The second-order valence-electron chi connectivity index (χ2n) is 7.03. The SMILES string of the molecule is CCc1ccc(S(=O)(=O)O)c(CCC2CCN(c3nnnn3CC)CC2)c1. The van der Waals surface area contributed by atoms with E-state index < -0.39 is 10.1 Å². The lowest BCUT2D eigenvalue weighted by molar-refractivity contribution is 0.375. The highest BCUT2D eigenvalue weighted by Gasteiger charge is 2.24. The first-order chi connectivity index (χ1) is 12.9. The molecule has 1 aromatic carbocycles. The molecular formula is C18H27N5O3S. The van der Waals surface area contributed by atoms with Crippen LogP contribution in [0.2, 0.25) is 0 Å². The van der Waals surface area contributed by atoms with Gasteiger partial charge in [0, 0.05) is 19.6 Å². The molecule has 0 atom stereocenters. The summed E-state index contributed by atoms with van der Waals surface area (Å²) >= 11 is 0. The molecule has 0 spiro atoms. The van der Waals surface area contributed by atoms with Gasteiger partial charge in [0.2, 0.25) is 5.95 Å². The molecule has 8 nitrogen and oxygen atoms in total. The Kier molecular flexibility index (Phi) is 6.11. The van der Waals surface area contributed by atoms with Crippen LogP contribution in [-0.4, -0.2) is 46.3 Å². The van der Waals surface area contributed by atoms with Gasteiger partial charge in [0.1, 0.15) is 0 Å². The van der Waals surface area contributed by atoms with Gasteiger partial charge < -0.3 is 4.90 Å². The van der Waals surface area contributed by atoms with E-state index in [0.717, 1.165) is 56.8 Å². The van der Waals surface area contributed by atoms with E-state index in [0.29, 0.717) is 17.9 Å². The molecule has 2 heterocycles. The van der Waals surface area contributed by atoms with Crippen LogP contribution in [0.25, 0.3) is 0 Å². The number of rotatable bonds is 7. The van der Waals surface area contributed by atoms with E-state index in [2.05, 4.69) is 20.4 Å². The molecule has 0 aliphatic carbocycles. The minimum atomic E-state index is -4.19. The standard InChI is InChI=1S/C18H27N5O3S/c1-3-14-6-8-17(27(24,25)26)16(13-14)7-5-15-9-11-22(12-10-15)18-19-20-21-23(18)4-2/h6,8,13,15H,3-5,7,9-12H2,1-2H3,(H,24,25,26). The van der Waals surface area contributed by atoms with E-state index >= 15 is 0 Å². The summed E-state index contributed by atoms with van der Waals surface area (Å²) in [6, 6.07) is 5.20. The Labute approximate surface area is 160 Å². The first-order valence-electron chi connectivity index (χ1n) is 9.52. The van der Waals surface area contributed by atoms with Crippen molar-refractivity contribution in [3.8, 4) is 0 Å². The summed E-state index contributed by atoms with van der Waals surface area (Å²) in [6.45, 7) is 6.58. The fourth-order valence-corrected chi connectivity index (χ4v) is 4.44. The van der Waals surface area contributed by atoms with Crippen LogP contribution < -0.4 is 4.90 Å². The van der Waals surface area contributed by atoms with Crippen molar-refractivity contribution in [1.82, 2.24) is 20.2 Å². The first kappa shape index (κ1) is 19.8. The van der Waals surface area contributed by atoms with Crippen molar-refractivity contribution in [2.45, 2.75) is 57.4 Å². The van der Waals surface area contributed by atoms with Crippen LogP contribution >= 0.6 is 0 Å². The van der Waals surface area contributed by atoms with Gasteiger partial charge >= 0.3 is 0 Å². The van der Waals surface area contributed by atoms with Gasteiger partial charge in [-0.2, -0.15) is 8.42 Å². The summed E-state index contributed by atoms with van der Waals surface area (Å²) in [7, 11) is -4.19. The highest BCUT2D eigenvalue weighted by atomic mass is 32.2. The third-order valence-corrected chi connectivity index (χ3v) is 6.30. The molecule has 0 amide bonds. The van der Waals surface area contributed by atoms with Gasteiger partial charge in [-0.15, -0.1) is 0 Å². The van der Waals surface area contributed by atoms with E-state index in [1.165, 1.54) is 6.07 Å². The summed E-state index contributed by atoms with van der Waals surface area (Å²) in [5.74, 6) is 1.34. The minimum absolute atomic E-state index is 0.0410. The van der Waals surface area contributed by atoms with Crippen LogP contribution in [0, 0.1) is 5.92 Å². The zero-order valence-corrected chi connectivity index (χ0v) is 16.7. The largest absolute Gasteiger partial charge is 0.340 e. The Balaban J connectivity index is 1.62. The average molecular weight is 394 g/mol. The highest BCUT2D eigenvalue weighted by Crippen LogP contribution is 2.27. The van der Waals surface area contributed by atoms with Crippen LogP contribution in [-0.2, 0) is 29.5 Å². The van der Waals surface area contributed by atoms with E-state index in [4.69, 9.17) is 0 Å². The highest BCUT2D eigenvalue weighted by molar-refractivity contribution is 7.85. The molecule has 1 saturated heterocycles. The molecule has 2 aromatic rings. The molecule has 3 rings (SSSR count). The second-order valence-corrected chi connectivity index (χ2v) is 8.42. The van der Waals surface area contributed by atoms with Gasteiger partial charge in [-0.3, -0.25) is 4.55 Å². The maximum atomic E-state index is 11.7. The molecule has 27 heavy (non-hydrogen) atoms. The summed E-state index contributed by atoms with van der Waals surface area (Å²) in [5, 5.41) is 11.9. The molecule has 1 aliphatic heterocycles. The van der Waals surface area contributed by atoms with Gasteiger partial charge in [-0.25, -0.2) is 4.68 Å². The fraction of sp³-hybridized carbons (Fsp3) is 0.611. The zero-order valence-electron chi connectivity index (χ0n) is 15.9. The lowest BCUT2D eigenvalue weighted by Crippen LogP contribution is -2.35. The molecule has 1 fully saturated rings. The van der Waals surface area contributed by atoms with Crippen molar-refractivity contribution in [1.29, 1.82) is 0 Å². The lowest BCUT2D eigenvalue weighted by Gasteiger charge is -2.32. The van der Waals surface area contributed by atoms with Crippen molar-refractivity contribution < 1.29 is 13.0 Å². The number of hydrogen-bond acceptors (Lipinski definition) is 6. The summed E-state index contributed by atoms with van der Waals surface area (Å²) < 4.78 is 34.6. The Morgan fingerprint density at radius 3 is 2.59 bits per heavy atom. The quantitative estimate of drug-likeness (QED) is 0.721. The third-order valence-electron chi connectivity index (χ3n) is 5.34. The molecule has 1 aromatic heterocycles. The summed E-state index contributed by atoms with van der Waals surface area (Å²) in [5.41, 5.74) is 1.80. The second kappa shape index (κ2) is 8.35. The lowest BCUT2D eigenvalue weighted by atomic mass is 9.90. The van der Waals surface area contributed by atoms with E-state index in [1.807, 2.05) is 19.9 Å². The van der Waals surface area contributed by atoms with Gasteiger partial charge in [0.25, 0.3) is 10.1 Å². The summed E-state index contributed by atoms with van der Waals surface area (Å²) in [6.07, 6.45) is 4.43. The number of aromatic nitrogens is 4. The smallest absolute Gasteiger partial charge is 0.294 e. The molecule has 1 N–H and O–H groups in total. The minimum Gasteiger partial charge on any atom is -0.340 e. The molecule has 0 bridgehead atoms. The van der Waals surface area contributed by atoms with Crippen LogP contribution in [0.3, 0.4) is 0 Å². The van der Waals surface area contributed by atoms with Crippen molar-refractivity contribution in [2.24, 2.45) is 5.92 Å². The van der Waals surface area contributed by atoms with Gasteiger partial charge in [0.05, 0.1) is 4.90 Å². The Morgan fingerprint density at radius 1 is 1.22 bits per heavy atom. The number of anilines is 1. The molecule has 0 saturated carbocycles. The van der Waals surface area contributed by atoms with Crippen LogP contribution in [0.15, 0.2) is 23.1 Å². The number of benzene rings is 1. The van der Waals surface area contributed by atoms with Gasteiger partial charge in [0.15, 0.2) is 0 Å². The average Bonchev–Trinajstić information content (AvgIpc) is 3.14. The van der Waals surface area contributed by atoms with Crippen LogP contribution in [0.4, 0.5) is 5.95 Å². The van der Waals surface area contributed by atoms with Crippen molar-refractivity contribution in [2.75, 3.05) is 18.0 Å². The van der Waals surface area contributed by atoms with Crippen molar-refractivity contribution >= 4 is 16.1 Å². The number of tetrazole rings is 1. The Morgan fingerprint density at radius 2 is 1.96 bits per heavy atom. The Hall–Kier alpha value is -2.00. The number of aryl methyl sites for hydroxylation is 3. The first-order valence-corrected chi connectivity index (χ1v) is 11.0. The monoisotopic (exact) mass is 393 g/mol. The van der Waals surface area contributed by atoms with E-state index in [9.17, 15) is 13.0 Å². The van der Waals surface area contributed by atoms with Crippen LogP contribution in [0.5, 0.6) is 0 Å². The van der Waals surface area contributed by atoms with Gasteiger partial charge in [-0.1, -0.05) is 24.2 Å². The van der Waals surface area contributed by atoms with E-state index in [-0.39, 0.29) is 4.90 Å². The predicted octanol–water partition coefficient (Wildman–Crippen LogP) is 2.35. The molecule has 148 valence electrons. The van der Waals surface area contributed by atoms with Crippen LogP contribution in [0.1, 0.15) is 44.2 Å². The van der Waals surface area contributed by atoms with E-state index in [1.54, 1.807) is 10.7 Å². The molecule has 9 heteroatoms. The third kappa shape index (κ3) is 4.65. The normalized spacial score (nSPS) is 16.0. The molecule has 0 radical (unpaired) electrons. The maximum Gasteiger partial charge on any atom is 0.294 e. The van der Waals surface area contributed by atoms with Crippen molar-refractivity contribution in [3.63, 3.8) is 0 Å².